The van der Waals surface area contributed by atoms with Crippen molar-refractivity contribution in [1.82, 2.24) is 14.6 Å². The zero-order valence-electron chi connectivity index (χ0n) is 9.37. The molecule has 2 aromatic rings. The first-order valence-electron chi connectivity index (χ1n) is 5.18. The first-order chi connectivity index (χ1) is 8.33. The molecule has 17 heavy (non-hydrogen) atoms. The maximum Gasteiger partial charge on any atom is 0.153 e. The minimum absolute atomic E-state index is 0.558. The number of hydrogen-bond acceptors (Lipinski definition) is 4. The molecule has 0 radical (unpaired) electrons. The zero-order chi connectivity index (χ0) is 12.1. The van der Waals surface area contributed by atoms with Crippen molar-refractivity contribution >= 4 is 17.2 Å². The van der Waals surface area contributed by atoms with Crippen molar-refractivity contribution in [3.05, 3.63) is 50.0 Å². The SMILES string of the molecule is C=CN=C(C=C)CNc1ccc2nccn2n1. The summed E-state index contributed by atoms with van der Waals surface area (Å²) in [5.41, 5.74) is 1.63. The van der Waals surface area contributed by atoms with Crippen molar-refractivity contribution in [2.45, 2.75) is 0 Å². The molecule has 0 aliphatic rings. The fourth-order valence-electron chi connectivity index (χ4n) is 1.38. The molecule has 5 nitrogen and oxygen atoms in total. The van der Waals surface area contributed by atoms with E-state index in [2.05, 4.69) is 33.5 Å². The number of aromatic nitrogens is 3. The Balaban J connectivity index is 2.10. The fraction of sp³-hybridized carbons (Fsp3) is 0.0833. The van der Waals surface area contributed by atoms with Gasteiger partial charge in [-0.05, 0) is 18.2 Å². The molecule has 2 heterocycles. The third kappa shape index (κ3) is 2.57. The Hall–Kier alpha value is -2.43. The van der Waals surface area contributed by atoms with E-state index >= 15 is 0 Å². The predicted octanol–water partition coefficient (Wildman–Crippen LogP) is 1.91. The van der Waals surface area contributed by atoms with Crippen LogP contribution in [-0.4, -0.2) is 26.9 Å². The number of anilines is 1. The van der Waals surface area contributed by atoms with E-state index in [9.17, 15) is 0 Å². The van der Waals surface area contributed by atoms with E-state index in [-0.39, 0.29) is 0 Å². The maximum absolute atomic E-state index is 4.33. The lowest BCUT2D eigenvalue weighted by molar-refractivity contribution is 0.936. The van der Waals surface area contributed by atoms with Gasteiger partial charge in [0.05, 0.1) is 12.3 Å². The highest BCUT2D eigenvalue weighted by Crippen LogP contribution is 2.04. The van der Waals surface area contributed by atoms with Crippen LogP contribution in [0.25, 0.3) is 5.65 Å². The maximum atomic E-state index is 4.33. The molecule has 0 spiro atoms. The highest BCUT2D eigenvalue weighted by Gasteiger charge is 1.98. The average molecular weight is 227 g/mol. The van der Waals surface area contributed by atoms with Gasteiger partial charge in [-0.25, -0.2) is 9.50 Å². The Morgan fingerprint density at radius 2 is 2.35 bits per heavy atom. The number of hydrogen-bond donors (Lipinski definition) is 1. The number of imidazole rings is 1. The van der Waals surface area contributed by atoms with Crippen LogP contribution in [0.4, 0.5) is 5.82 Å². The minimum Gasteiger partial charge on any atom is -0.363 e. The van der Waals surface area contributed by atoms with Crippen LogP contribution in [0.3, 0.4) is 0 Å². The summed E-state index contributed by atoms with van der Waals surface area (Å²) >= 11 is 0. The number of nitrogens with one attached hydrogen (secondary N) is 1. The summed E-state index contributed by atoms with van der Waals surface area (Å²) < 4.78 is 1.71. The summed E-state index contributed by atoms with van der Waals surface area (Å²) in [6.45, 7) is 7.78. The van der Waals surface area contributed by atoms with Gasteiger partial charge in [-0.1, -0.05) is 13.2 Å². The second-order valence-electron chi connectivity index (χ2n) is 3.31. The molecule has 0 saturated heterocycles. The molecule has 0 aliphatic carbocycles. The van der Waals surface area contributed by atoms with E-state index in [0.717, 1.165) is 17.2 Å². The molecular formula is C12H13N5. The molecule has 5 heteroatoms. The standard InChI is InChI=1S/C12H13N5/c1-3-10(13-4-2)9-15-11-5-6-12-14-7-8-17(12)16-11/h3-8H,1-2,9H2,(H,15,16). The zero-order valence-corrected chi connectivity index (χ0v) is 9.37. The molecule has 1 N–H and O–H groups in total. The van der Waals surface area contributed by atoms with Gasteiger partial charge in [-0.15, -0.1) is 5.10 Å². The molecule has 0 fully saturated rings. The van der Waals surface area contributed by atoms with Crippen LogP contribution in [-0.2, 0) is 0 Å². The summed E-state index contributed by atoms with van der Waals surface area (Å²) in [5, 5.41) is 7.48. The summed E-state index contributed by atoms with van der Waals surface area (Å²) in [7, 11) is 0. The average Bonchev–Trinajstić information content (AvgIpc) is 2.81. The van der Waals surface area contributed by atoms with Crippen molar-refractivity contribution in [1.29, 1.82) is 0 Å². The van der Waals surface area contributed by atoms with Crippen LogP contribution < -0.4 is 5.32 Å². The molecule has 0 unspecified atom stereocenters. The summed E-state index contributed by atoms with van der Waals surface area (Å²) in [4.78, 5) is 8.18. The van der Waals surface area contributed by atoms with Crippen molar-refractivity contribution < 1.29 is 0 Å². The summed E-state index contributed by atoms with van der Waals surface area (Å²) in [6.07, 6.45) is 6.68. The Labute approximate surface area is 99.2 Å². The molecule has 0 aromatic carbocycles. The Bertz CT molecular complexity index is 567. The van der Waals surface area contributed by atoms with E-state index < -0.39 is 0 Å². The number of fused-ring (bicyclic) bond motifs is 1. The molecule has 0 saturated carbocycles. The molecule has 2 aromatic heterocycles. The Kier molecular flexibility index (Phi) is 3.30. The van der Waals surface area contributed by atoms with Gasteiger partial charge in [0, 0.05) is 18.6 Å². The van der Waals surface area contributed by atoms with E-state index in [4.69, 9.17) is 0 Å². The highest BCUT2D eigenvalue weighted by atomic mass is 15.3. The van der Waals surface area contributed by atoms with Crippen molar-refractivity contribution in [3.8, 4) is 0 Å². The molecule has 86 valence electrons. The largest absolute Gasteiger partial charge is 0.363 e. The topological polar surface area (TPSA) is 54.6 Å². The lowest BCUT2D eigenvalue weighted by atomic mass is 10.3. The quantitative estimate of drug-likeness (QED) is 0.794. The van der Waals surface area contributed by atoms with Gasteiger partial charge in [-0.2, -0.15) is 0 Å². The first kappa shape index (κ1) is 11.1. The normalized spacial score (nSPS) is 11.4. The smallest absolute Gasteiger partial charge is 0.153 e. The lowest BCUT2D eigenvalue weighted by Gasteiger charge is -2.05. The number of nitrogens with zero attached hydrogens (tertiary/aromatic N) is 4. The molecule has 0 atom stereocenters. The molecule has 0 amide bonds. The Morgan fingerprint density at radius 3 is 3.12 bits per heavy atom. The molecular weight excluding hydrogens is 214 g/mol. The second-order valence-corrected chi connectivity index (χ2v) is 3.31. The Morgan fingerprint density at radius 1 is 1.47 bits per heavy atom. The van der Waals surface area contributed by atoms with Crippen molar-refractivity contribution in [2.24, 2.45) is 4.99 Å². The fourth-order valence-corrected chi connectivity index (χ4v) is 1.38. The molecule has 0 aliphatic heterocycles. The van der Waals surface area contributed by atoms with E-state index in [0.29, 0.717) is 6.54 Å². The van der Waals surface area contributed by atoms with Crippen molar-refractivity contribution in [3.63, 3.8) is 0 Å². The van der Waals surface area contributed by atoms with Crippen LogP contribution in [0.15, 0.2) is 55.0 Å². The third-order valence-electron chi connectivity index (χ3n) is 2.20. The van der Waals surface area contributed by atoms with E-state index in [1.165, 1.54) is 6.20 Å². The van der Waals surface area contributed by atoms with Gasteiger partial charge < -0.3 is 5.32 Å². The summed E-state index contributed by atoms with van der Waals surface area (Å²) in [6, 6.07) is 3.77. The van der Waals surface area contributed by atoms with Gasteiger partial charge in [0.1, 0.15) is 5.82 Å². The van der Waals surface area contributed by atoms with Crippen LogP contribution >= 0.6 is 0 Å². The van der Waals surface area contributed by atoms with Gasteiger partial charge in [0.15, 0.2) is 5.65 Å². The third-order valence-corrected chi connectivity index (χ3v) is 2.20. The summed E-state index contributed by atoms with van der Waals surface area (Å²) in [5.74, 6) is 0.758. The monoisotopic (exact) mass is 227 g/mol. The van der Waals surface area contributed by atoms with Crippen molar-refractivity contribution in [2.75, 3.05) is 11.9 Å². The van der Waals surface area contributed by atoms with Crippen LogP contribution in [0.1, 0.15) is 0 Å². The van der Waals surface area contributed by atoms with Gasteiger partial charge in [0.25, 0.3) is 0 Å². The second kappa shape index (κ2) is 5.07. The van der Waals surface area contributed by atoms with Crippen LogP contribution in [0.2, 0.25) is 0 Å². The van der Waals surface area contributed by atoms with E-state index in [1.54, 1.807) is 23.0 Å². The van der Waals surface area contributed by atoms with Gasteiger partial charge >= 0.3 is 0 Å². The lowest BCUT2D eigenvalue weighted by Crippen LogP contribution is -2.13. The number of aliphatic imine (C=N–C) groups is 1. The first-order valence-corrected chi connectivity index (χ1v) is 5.18. The predicted molar refractivity (Wildman–Crippen MR) is 69.3 cm³/mol. The van der Waals surface area contributed by atoms with Crippen LogP contribution in [0, 0.1) is 0 Å². The van der Waals surface area contributed by atoms with Gasteiger partial charge in [-0.3, -0.25) is 4.99 Å². The number of rotatable bonds is 5. The molecule has 2 rings (SSSR count). The highest BCUT2D eigenvalue weighted by molar-refractivity contribution is 5.97. The minimum atomic E-state index is 0.558. The molecule has 0 bridgehead atoms. The van der Waals surface area contributed by atoms with Crippen LogP contribution in [0.5, 0.6) is 0 Å². The van der Waals surface area contributed by atoms with Gasteiger partial charge in [0.2, 0.25) is 0 Å². The van der Waals surface area contributed by atoms with E-state index in [1.807, 2.05) is 12.1 Å².